The van der Waals surface area contributed by atoms with Gasteiger partial charge in [-0.3, -0.25) is 0 Å². The molecule has 0 fully saturated rings. The first-order chi connectivity index (χ1) is 21.6. The Labute approximate surface area is 267 Å². The summed E-state index contributed by atoms with van der Waals surface area (Å²) in [5, 5.41) is 18.4. The van der Waals surface area contributed by atoms with Gasteiger partial charge in [0.15, 0.2) is 0 Å². The van der Waals surface area contributed by atoms with Crippen LogP contribution in [0.15, 0.2) is 97.1 Å². The SMILES string of the molecule is CC(C)[Si](C#Cc1c2cc3ccccc3cc2c(C#Cc2ccc(C(=O)O)cc2)c2cc3ccccc3cc12)(C(C)C)C(C)C. The van der Waals surface area contributed by atoms with Crippen LogP contribution in [0.25, 0.3) is 43.1 Å². The molecule has 0 radical (unpaired) electrons. The zero-order valence-electron chi connectivity index (χ0n) is 26.8. The van der Waals surface area contributed by atoms with Crippen molar-refractivity contribution >= 4 is 57.1 Å². The summed E-state index contributed by atoms with van der Waals surface area (Å²) in [4.78, 5) is 11.4. The van der Waals surface area contributed by atoms with Gasteiger partial charge in [0.05, 0.1) is 5.56 Å². The van der Waals surface area contributed by atoms with Crippen molar-refractivity contribution in [3.8, 4) is 23.3 Å². The van der Waals surface area contributed by atoms with Crippen molar-refractivity contribution in [1.82, 2.24) is 0 Å². The topological polar surface area (TPSA) is 37.3 Å². The number of carboxylic acids is 1. The third-order valence-corrected chi connectivity index (χ3v) is 15.9. The maximum absolute atomic E-state index is 11.4. The van der Waals surface area contributed by atoms with Crippen molar-refractivity contribution in [3.63, 3.8) is 0 Å². The minimum Gasteiger partial charge on any atom is -0.478 e. The molecule has 0 saturated heterocycles. The molecule has 1 N–H and O–H groups in total. The molecule has 0 bridgehead atoms. The van der Waals surface area contributed by atoms with Crippen molar-refractivity contribution in [3.05, 3.63) is 119 Å². The van der Waals surface area contributed by atoms with Crippen molar-refractivity contribution in [2.24, 2.45) is 0 Å². The molecule has 0 spiro atoms. The highest BCUT2D eigenvalue weighted by Crippen LogP contribution is 2.42. The highest BCUT2D eigenvalue weighted by atomic mass is 28.3. The van der Waals surface area contributed by atoms with E-state index < -0.39 is 14.0 Å². The van der Waals surface area contributed by atoms with Crippen molar-refractivity contribution in [1.29, 1.82) is 0 Å². The lowest BCUT2D eigenvalue weighted by atomic mass is 9.89. The van der Waals surface area contributed by atoms with E-state index in [1.165, 1.54) is 10.8 Å². The minimum atomic E-state index is -2.01. The van der Waals surface area contributed by atoms with Crippen LogP contribution in [0, 0.1) is 23.3 Å². The molecular formula is C42H38O2Si. The second-order valence-corrected chi connectivity index (χ2v) is 18.6. The number of carbonyl (C=O) groups is 1. The standard InChI is InChI=1S/C42H38O2Si/c1-27(2)45(28(3)4,29(5)6)22-21-37-40-25-34-13-9-7-11-32(34)23-38(40)36(20-17-30-15-18-31(19-16-30)42(43)44)39-24-33-12-8-10-14-35(33)26-41(37)39/h7-16,18-19,23-29H,1-6H3,(H,43,44). The first-order valence-electron chi connectivity index (χ1n) is 15.8. The molecular weight excluding hydrogens is 565 g/mol. The van der Waals surface area contributed by atoms with Gasteiger partial charge in [-0.15, -0.1) is 5.54 Å². The van der Waals surface area contributed by atoms with E-state index in [0.717, 1.165) is 49.0 Å². The van der Waals surface area contributed by atoms with Gasteiger partial charge in [-0.05, 0) is 108 Å². The van der Waals surface area contributed by atoms with E-state index in [1.54, 1.807) is 24.3 Å². The van der Waals surface area contributed by atoms with Gasteiger partial charge in [0.2, 0.25) is 0 Å². The lowest BCUT2D eigenvalue weighted by Gasteiger charge is -2.38. The molecule has 0 atom stereocenters. The molecule has 6 rings (SSSR count). The molecule has 0 aliphatic rings. The van der Waals surface area contributed by atoms with E-state index in [2.05, 4.69) is 138 Å². The van der Waals surface area contributed by atoms with Gasteiger partial charge in [0.1, 0.15) is 8.07 Å². The highest BCUT2D eigenvalue weighted by Gasteiger charge is 2.41. The monoisotopic (exact) mass is 602 g/mol. The molecule has 0 heterocycles. The second-order valence-electron chi connectivity index (χ2n) is 13.0. The number of benzene rings is 6. The van der Waals surface area contributed by atoms with Gasteiger partial charge in [-0.2, -0.15) is 0 Å². The summed E-state index contributed by atoms with van der Waals surface area (Å²) >= 11 is 0. The third-order valence-electron chi connectivity index (χ3n) is 9.58. The van der Waals surface area contributed by atoms with Gasteiger partial charge >= 0.3 is 5.97 Å². The van der Waals surface area contributed by atoms with E-state index in [0.29, 0.717) is 16.6 Å². The van der Waals surface area contributed by atoms with Crippen LogP contribution < -0.4 is 0 Å². The number of fused-ring (bicyclic) bond motifs is 4. The maximum atomic E-state index is 11.4. The Bertz CT molecular complexity index is 2110. The average Bonchev–Trinajstić information content (AvgIpc) is 3.02. The van der Waals surface area contributed by atoms with Gasteiger partial charge in [0.25, 0.3) is 0 Å². The van der Waals surface area contributed by atoms with E-state index in [1.807, 2.05) is 0 Å². The summed E-state index contributed by atoms with van der Waals surface area (Å²) in [5.74, 6) is 9.83. The van der Waals surface area contributed by atoms with Crippen LogP contribution in [0.4, 0.5) is 0 Å². The van der Waals surface area contributed by atoms with Gasteiger partial charge in [-0.1, -0.05) is 108 Å². The number of aromatic carboxylic acids is 1. The molecule has 0 aliphatic carbocycles. The van der Waals surface area contributed by atoms with Crippen molar-refractivity contribution in [2.45, 2.75) is 58.2 Å². The number of hydrogen-bond acceptors (Lipinski definition) is 1. The Kier molecular flexibility index (Phi) is 8.00. The van der Waals surface area contributed by atoms with E-state index >= 15 is 0 Å². The summed E-state index contributed by atoms with van der Waals surface area (Å²) in [6.45, 7) is 14.2. The third kappa shape index (κ3) is 5.39. The number of hydrogen-bond donors (Lipinski definition) is 1. The largest absolute Gasteiger partial charge is 0.478 e. The van der Waals surface area contributed by atoms with Crippen LogP contribution in [0.3, 0.4) is 0 Å². The molecule has 6 aromatic rings. The van der Waals surface area contributed by atoms with Gasteiger partial charge in [0, 0.05) is 16.7 Å². The molecule has 0 unspecified atom stereocenters. The summed E-state index contributed by atoms with van der Waals surface area (Å²) in [6, 6.07) is 32.8. The second kappa shape index (κ2) is 11.9. The first kappa shape index (κ1) is 30.2. The molecule has 6 aromatic carbocycles. The maximum Gasteiger partial charge on any atom is 0.335 e. The average molecular weight is 603 g/mol. The van der Waals surface area contributed by atoms with Crippen LogP contribution in [0.1, 0.15) is 68.6 Å². The van der Waals surface area contributed by atoms with Crippen LogP contribution in [-0.2, 0) is 0 Å². The Morgan fingerprint density at radius 3 is 1.29 bits per heavy atom. The number of rotatable bonds is 4. The molecule has 3 heteroatoms. The molecule has 0 aliphatic heterocycles. The van der Waals surface area contributed by atoms with Crippen LogP contribution >= 0.6 is 0 Å². The molecule has 45 heavy (non-hydrogen) atoms. The Morgan fingerprint density at radius 1 is 0.556 bits per heavy atom. The smallest absolute Gasteiger partial charge is 0.335 e. The van der Waals surface area contributed by atoms with Gasteiger partial charge in [-0.25, -0.2) is 4.79 Å². The van der Waals surface area contributed by atoms with Gasteiger partial charge < -0.3 is 5.11 Å². The normalized spacial score (nSPS) is 11.8. The minimum absolute atomic E-state index is 0.251. The van der Waals surface area contributed by atoms with E-state index in [-0.39, 0.29) is 5.56 Å². The predicted molar refractivity (Wildman–Crippen MR) is 194 cm³/mol. The zero-order valence-corrected chi connectivity index (χ0v) is 27.8. The lowest BCUT2D eigenvalue weighted by molar-refractivity contribution is 0.0697. The fourth-order valence-corrected chi connectivity index (χ4v) is 12.5. The highest BCUT2D eigenvalue weighted by molar-refractivity contribution is 6.90. The fourth-order valence-electron chi connectivity index (χ4n) is 7.30. The summed E-state index contributed by atoms with van der Waals surface area (Å²) in [5.41, 5.74) is 8.67. The van der Waals surface area contributed by atoms with Crippen LogP contribution in [0.5, 0.6) is 0 Å². The fraction of sp³-hybridized carbons (Fsp3) is 0.214. The van der Waals surface area contributed by atoms with E-state index in [4.69, 9.17) is 0 Å². The Morgan fingerprint density at radius 2 is 0.933 bits per heavy atom. The molecule has 0 aromatic heterocycles. The van der Waals surface area contributed by atoms with Crippen molar-refractivity contribution in [2.75, 3.05) is 0 Å². The molecule has 0 amide bonds. The van der Waals surface area contributed by atoms with Crippen molar-refractivity contribution < 1.29 is 9.90 Å². The molecule has 222 valence electrons. The molecule has 0 saturated carbocycles. The summed E-state index contributed by atoms with van der Waals surface area (Å²) < 4.78 is 0. The first-order valence-corrected chi connectivity index (χ1v) is 18.0. The lowest BCUT2D eigenvalue weighted by Crippen LogP contribution is -2.43. The Hall–Kier alpha value is -4.83. The number of carboxylic acid groups (broad SMARTS) is 1. The molecule has 2 nitrogen and oxygen atoms in total. The van der Waals surface area contributed by atoms with Crippen LogP contribution in [-0.4, -0.2) is 19.1 Å². The Balaban J connectivity index is 1.75. The predicted octanol–water partition coefficient (Wildman–Crippen LogP) is 11.0. The van der Waals surface area contributed by atoms with E-state index in [9.17, 15) is 9.90 Å². The van der Waals surface area contributed by atoms with Crippen LogP contribution in [0.2, 0.25) is 16.6 Å². The summed E-state index contributed by atoms with van der Waals surface area (Å²) in [6.07, 6.45) is 0. The zero-order chi connectivity index (χ0) is 31.9. The summed E-state index contributed by atoms with van der Waals surface area (Å²) in [7, 11) is -2.01. The quantitative estimate of drug-likeness (QED) is 0.124.